The van der Waals surface area contributed by atoms with Crippen LogP contribution in [0.25, 0.3) is 0 Å². The average molecular weight is 95.9 g/mol. The van der Waals surface area contributed by atoms with E-state index >= 15 is 0 Å². The Morgan fingerprint density at radius 2 is 2.57 bits per heavy atom. The summed E-state index contributed by atoms with van der Waals surface area (Å²) in [5, 5.41) is 8.82. The molecule has 1 rings (SSSR count). The first-order valence-electron chi connectivity index (χ1n) is 2.64. The highest BCUT2D eigenvalue weighted by atomic mass is 16.3. The van der Waals surface area contributed by atoms with E-state index in [1.54, 1.807) is 0 Å². The van der Waals surface area contributed by atoms with Crippen LogP contribution >= 0.6 is 0 Å². The molecule has 38 valence electrons. The van der Waals surface area contributed by atoms with E-state index in [1.165, 1.54) is 5.47 Å². The van der Waals surface area contributed by atoms with Crippen LogP contribution in [0.4, 0.5) is 0 Å². The zero-order valence-corrected chi connectivity index (χ0v) is 4.52. The van der Waals surface area contributed by atoms with E-state index in [-0.39, 0.29) is 6.10 Å². The number of hydrogen-bond donors (Lipinski definition) is 1. The highest BCUT2D eigenvalue weighted by molar-refractivity contribution is 6.21. The molecule has 0 fully saturated rings. The summed E-state index contributed by atoms with van der Waals surface area (Å²) in [5.41, 5.74) is 1.33. The molecule has 1 atom stereocenters. The molecule has 0 aromatic carbocycles. The molecule has 0 saturated carbocycles. The first kappa shape index (κ1) is 4.91. The van der Waals surface area contributed by atoms with Crippen molar-refractivity contribution in [3.05, 3.63) is 11.5 Å². The molecular weight excluding hydrogens is 86.9 g/mol. The minimum Gasteiger partial charge on any atom is -0.389 e. The van der Waals surface area contributed by atoms with Gasteiger partial charge in [0.2, 0.25) is 0 Å². The van der Waals surface area contributed by atoms with Crippen LogP contribution < -0.4 is 0 Å². The van der Waals surface area contributed by atoms with Crippen molar-refractivity contribution < 1.29 is 5.11 Å². The van der Waals surface area contributed by atoms with Crippen LogP contribution in [0.1, 0.15) is 12.8 Å². The molecule has 1 aliphatic carbocycles. The fourth-order valence-corrected chi connectivity index (χ4v) is 0.871. The number of hydrogen-bond acceptors (Lipinski definition) is 1. The molecular formula is C5H9BO. The number of aliphatic hydroxyl groups is 1. The van der Waals surface area contributed by atoms with Gasteiger partial charge in [0.05, 0.1) is 6.10 Å². The van der Waals surface area contributed by atoms with E-state index in [0.717, 1.165) is 12.8 Å². The topological polar surface area (TPSA) is 20.2 Å². The Balaban J connectivity index is 2.50. The summed E-state index contributed by atoms with van der Waals surface area (Å²) in [5.74, 6) is 0. The fourth-order valence-electron chi connectivity index (χ4n) is 0.871. The van der Waals surface area contributed by atoms with Crippen molar-refractivity contribution >= 4 is 7.85 Å². The summed E-state index contributed by atoms with van der Waals surface area (Å²) < 4.78 is 0. The lowest BCUT2D eigenvalue weighted by Gasteiger charge is -1.89. The predicted molar refractivity (Wildman–Crippen MR) is 31.9 cm³/mol. The molecule has 0 spiro atoms. The Hall–Kier alpha value is -0.235. The molecule has 1 unspecified atom stereocenters. The molecule has 0 aromatic heterocycles. The third-order valence-corrected chi connectivity index (χ3v) is 1.31. The van der Waals surface area contributed by atoms with E-state index in [0.29, 0.717) is 0 Å². The fraction of sp³-hybridized carbons (Fsp3) is 0.600. The molecule has 1 nitrogen and oxygen atoms in total. The molecule has 2 heteroatoms. The lowest BCUT2D eigenvalue weighted by Crippen LogP contribution is -1.93. The van der Waals surface area contributed by atoms with Crippen LogP contribution in [-0.2, 0) is 0 Å². The molecule has 0 saturated heterocycles. The van der Waals surface area contributed by atoms with Gasteiger partial charge in [0, 0.05) is 0 Å². The second-order valence-electron chi connectivity index (χ2n) is 2.12. The third kappa shape index (κ3) is 1.06. The van der Waals surface area contributed by atoms with Crippen molar-refractivity contribution in [3.63, 3.8) is 0 Å². The first-order valence-corrected chi connectivity index (χ1v) is 2.64. The Morgan fingerprint density at radius 3 is 2.71 bits per heavy atom. The standard InChI is InChI=1S/C5H9BO/c6-4-1-2-5(7)3-4/h3,5,7H,1-2,6H2. The van der Waals surface area contributed by atoms with Crippen LogP contribution in [0.5, 0.6) is 0 Å². The van der Waals surface area contributed by atoms with Crippen LogP contribution in [0.2, 0.25) is 0 Å². The van der Waals surface area contributed by atoms with Gasteiger partial charge in [-0.2, -0.15) is 0 Å². The van der Waals surface area contributed by atoms with Gasteiger partial charge in [-0.3, -0.25) is 0 Å². The summed E-state index contributed by atoms with van der Waals surface area (Å²) in [6, 6.07) is 0. The van der Waals surface area contributed by atoms with Gasteiger partial charge in [0.15, 0.2) is 0 Å². The quantitative estimate of drug-likeness (QED) is 0.409. The van der Waals surface area contributed by atoms with Gasteiger partial charge in [0.1, 0.15) is 7.85 Å². The second kappa shape index (κ2) is 1.70. The second-order valence-corrected chi connectivity index (χ2v) is 2.12. The molecule has 0 amide bonds. The summed E-state index contributed by atoms with van der Waals surface area (Å²) in [4.78, 5) is 0. The van der Waals surface area contributed by atoms with Crippen LogP contribution in [0.15, 0.2) is 11.5 Å². The van der Waals surface area contributed by atoms with Gasteiger partial charge in [-0.15, -0.1) is 5.47 Å². The van der Waals surface area contributed by atoms with Crippen LogP contribution in [0, 0.1) is 0 Å². The minimum absolute atomic E-state index is 0.139. The van der Waals surface area contributed by atoms with E-state index < -0.39 is 0 Å². The Morgan fingerprint density at radius 1 is 1.86 bits per heavy atom. The lowest BCUT2D eigenvalue weighted by molar-refractivity contribution is 0.223. The molecule has 0 aromatic rings. The van der Waals surface area contributed by atoms with Gasteiger partial charge in [-0.25, -0.2) is 0 Å². The van der Waals surface area contributed by atoms with E-state index in [9.17, 15) is 0 Å². The zero-order chi connectivity index (χ0) is 5.28. The Bertz CT molecular complexity index is 98.3. The molecule has 0 heterocycles. The Labute approximate surface area is 44.4 Å². The monoisotopic (exact) mass is 96.1 g/mol. The molecule has 1 aliphatic rings. The molecule has 0 bridgehead atoms. The maximum Gasteiger partial charge on any atom is 0.133 e. The largest absolute Gasteiger partial charge is 0.389 e. The van der Waals surface area contributed by atoms with Gasteiger partial charge >= 0.3 is 0 Å². The molecule has 0 aliphatic heterocycles. The van der Waals surface area contributed by atoms with Crippen molar-refractivity contribution in [3.8, 4) is 0 Å². The van der Waals surface area contributed by atoms with Crippen molar-refractivity contribution in [2.45, 2.75) is 18.9 Å². The molecule has 7 heavy (non-hydrogen) atoms. The lowest BCUT2D eigenvalue weighted by atomic mass is 9.96. The van der Waals surface area contributed by atoms with Crippen LogP contribution in [0.3, 0.4) is 0 Å². The SMILES string of the molecule is BC1=CC(O)CC1. The summed E-state index contributed by atoms with van der Waals surface area (Å²) in [6.07, 6.45) is 3.80. The number of aliphatic hydroxyl groups excluding tert-OH is 1. The first-order chi connectivity index (χ1) is 3.29. The number of rotatable bonds is 0. The highest BCUT2D eigenvalue weighted by Gasteiger charge is 2.07. The van der Waals surface area contributed by atoms with Crippen molar-refractivity contribution in [1.82, 2.24) is 0 Å². The van der Waals surface area contributed by atoms with Gasteiger partial charge in [0.25, 0.3) is 0 Å². The minimum atomic E-state index is -0.139. The molecule has 0 radical (unpaired) electrons. The predicted octanol–water partition coefficient (Wildman–Crippen LogP) is -0.342. The van der Waals surface area contributed by atoms with Crippen molar-refractivity contribution in [2.75, 3.05) is 0 Å². The van der Waals surface area contributed by atoms with E-state index in [4.69, 9.17) is 5.11 Å². The van der Waals surface area contributed by atoms with Crippen molar-refractivity contribution in [2.24, 2.45) is 0 Å². The third-order valence-electron chi connectivity index (χ3n) is 1.31. The zero-order valence-electron chi connectivity index (χ0n) is 4.52. The molecule has 1 N–H and O–H groups in total. The average Bonchev–Trinajstić information content (AvgIpc) is 1.87. The maximum atomic E-state index is 8.82. The summed E-state index contributed by atoms with van der Waals surface area (Å²) in [6.45, 7) is 0. The van der Waals surface area contributed by atoms with Gasteiger partial charge in [-0.05, 0) is 12.8 Å². The van der Waals surface area contributed by atoms with Gasteiger partial charge < -0.3 is 5.11 Å². The maximum absolute atomic E-state index is 8.82. The number of allylic oxidation sites excluding steroid dienone is 1. The summed E-state index contributed by atoms with van der Waals surface area (Å²) >= 11 is 0. The van der Waals surface area contributed by atoms with Gasteiger partial charge in [-0.1, -0.05) is 6.08 Å². The highest BCUT2D eigenvalue weighted by Crippen LogP contribution is 2.13. The normalized spacial score (nSPS) is 30.4. The van der Waals surface area contributed by atoms with E-state index in [1.807, 2.05) is 6.08 Å². The summed E-state index contributed by atoms with van der Waals surface area (Å²) in [7, 11) is 2.05. The van der Waals surface area contributed by atoms with Crippen molar-refractivity contribution in [1.29, 1.82) is 0 Å². The smallest absolute Gasteiger partial charge is 0.133 e. The Kier molecular flexibility index (Phi) is 1.20. The van der Waals surface area contributed by atoms with E-state index in [2.05, 4.69) is 7.85 Å². The van der Waals surface area contributed by atoms with Crippen LogP contribution in [-0.4, -0.2) is 19.1 Å².